The van der Waals surface area contributed by atoms with Crippen molar-refractivity contribution in [2.24, 2.45) is 5.73 Å². The molecule has 1 amide bonds. The van der Waals surface area contributed by atoms with Gasteiger partial charge in [-0.2, -0.15) is 0 Å². The Bertz CT molecular complexity index is 482. The Morgan fingerprint density at radius 1 is 1.45 bits per heavy atom. The zero-order valence-corrected chi connectivity index (χ0v) is 12.8. The number of hydrogen-bond acceptors (Lipinski definition) is 3. The van der Waals surface area contributed by atoms with Crippen molar-refractivity contribution >= 4 is 23.2 Å². The molecular formula is C15H22ClN3O. The summed E-state index contributed by atoms with van der Waals surface area (Å²) >= 11 is 6.36. The van der Waals surface area contributed by atoms with Crippen LogP contribution in [0.5, 0.6) is 0 Å². The molecule has 110 valence electrons. The molecule has 1 fully saturated rings. The van der Waals surface area contributed by atoms with Gasteiger partial charge in [-0.3, -0.25) is 4.79 Å². The minimum absolute atomic E-state index is 0.00736. The van der Waals surface area contributed by atoms with E-state index in [-0.39, 0.29) is 18.0 Å². The molecule has 2 rings (SSSR count). The van der Waals surface area contributed by atoms with Gasteiger partial charge >= 0.3 is 0 Å². The van der Waals surface area contributed by atoms with Crippen LogP contribution in [0.15, 0.2) is 18.2 Å². The van der Waals surface area contributed by atoms with Crippen LogP contribution in [0.2, 0.25) is 5.02 Å². The fourth-order valence-electron chi connectivity index (χ4n) is 2.62. The number of halogens is 1. The Balaban J connectivity index is 2.02. The van der Waals surface area contributed by atoms with Gasteiger partial charge in [-0.25, -0.2) is 0 Å². The Morgan fingerprint density at radius 2 is 2.10 bits per heavy atom. The molecule has 0 unspecified atom stereocenters. The molecule has 1 aromatic carbocycles. The van der Waals surface area contributed by atoms with Crippen molar-refractivity contribution in [3.05, 3.63) is 28.8 Å². The van der Waals surface area contributed by atoms with Gasteiger partial charge in [-0.1, -0.05) is 17.7 Å². The first-order valence-corrected chi connectivity index (χ1v) is 7.42. The number of hydrogen-bond donors (Lipinski definition) is 2. The maximum atomic E-state index is 11.1. The van der Waals surface area contributed by atoms with Crippen molar-refractivity contribution < 1.29 is 4.79 Å². The summed E-state index contributed by atoms with van der Waals surface area (Å²) in [6, 6.07) is 6.30. The first-order valence-electron chi connectivity index (χ1n) is 7.04. The normalized spacial score (nSPS) is 17.9. The smallest absolute Gasteiger partial charge is 0.217 e. The third-order valence-corrected chi connectivity index (χ3v) is 4.04. The van der Waals surface area contributed by atoms with Crippen LogP contribution in [0.3, 0.4) is 0 Å². The molecule has 1 atom stereocenters. The van der Waals surface area contributed by atoms with Gasteiger partial charge in [0, 0.05) is 32.1 Å². The lowest BCUT2D eigenvalue weighted by Gasteiger charge is -2.34. The highest BCUT2D eigenvalue weighted by atomic mass is 35.5. The van der Waals surface area contributed by atoms with Gasteiger partial charge in [0.2, 0.25) is 5.91 Å². The lowest BCUT2D eigenvalue weighted by atomic mass is 10.0. The van der Waals surface area contributed by atoms with Gasteiger partial charge in [0.1, 0.15) is 0 Å². The number of carbonyl (C=O) groups excluding carboxylic acids is 1. The monoisotopic (exact) mass is 295 g/mol. The lowest BCUT2D eigenvalue weighted by molar-refractivity contribution is -0.119. The van der Waals surface area contributed by atoms with Gasteiger partial charge in [0.15, 0.2) is 0 Å². The molecule has 0 bridgehead atoms. The Morgan fingerprint density at radius 3 is 2.60 bits per heavy atom. The Labute approximate surface area is 125 Å². The molecule has 1 saturated heterocycles. The quantitative estimate of drug-likeness (QED) is 0.900. The van der Waals surface area contributed by atoms with Crippen LogP contribution in [0.25, 0.3) is 0 Å². The van der Waals surface area contributed by atoms with Crippen molar-refractivity contribution in [2.45, 2.75) is 38.8 Å². The highest BCUT2D eigenvalue weighted by Crippen LogP contribution is 2.30. The molecule has 1 aliphatic rings. The average molecular weight is 296 g/mol. The van der Waals surface area contributed by atoms with Crippen LogP contribution in [0.1, 0.15) is 38.3 Å². The highest BCUT2D eigenvalue weighted by Gasteiger charge is 2.21. The Hall–Kier alpha value is -1.26. The van der Waals surface area contributed by atoms with E-state index < -0.39 is 0 Å². The second kappa shape index (κ2) is 6.46. The minimum atomic E-state index is -0.00736. The zero-order chi connectivity index (χ0) is 14.7. The van der Waals surface area contributed by atoms with E-state index in [1.807, 2.05) is 25.1 Å². The molecule has 0 radical (unpaired) electrons. The van der Waals surface area contributed by atoms with Crippen LogP contribution in [-0.4, -0.2) is 25.0 Å². The molecule has 0 saturated carbocycles. The topological polar surface area (TPSA) is 58.4 Å². The summed E-state index contributed by atoms with van der Waals surface area (Å²) in [5, 5.41) is 3.73. The first-order chi connectivity index (χ1) is 9.47. The average Bonchev–Trinajstić information content (AvgIpc) is 2.39. The predicted octanol–water partition coefficient (Wildman–Crippen LogP) is 2.46. The second-order valence-electron chi connectivity index (χ2n) is 5.46. The third kappa shape index (κ3) is 3.64. The van der Waals surface area contributed by atoms with Crippen LogP contribution >= 0.6 is 11.6 Å². The molecule has 20 heavy (non-hydrogen) atoms. The number of anilines is 1. The molecule has 1 aromatic rings. The Kier molecular flexibility index (Phi) is 4.89. The summed E-state index contributed by atoms with van der Waals surface area (Å²) in [4.78, 5) is 13.3. The molecule has 1 aliphatic heterocycles. The summed E-state index contributed by atoms with van der Waals surface area (Å²) in [5.41, 5.74) is 7.96. The van der Waals surface area contributed by atoms with E-state index in [1.165, 1.54) is 0 Å². The van der Waals surface area contributed by atoms with Crippen LogP contribution < -0.4 is 16.0 Å². The number of nitrogens with two attached hydrogens (primary N) is 1. The molecular weight excluding hydrogens is 274 g/mol. The minimum Gasteiger partial charge on any atom is -0.370 e. The van der Waals surface area contributed by atoms with E-state index in [0.717, 1.165) is 42.2 Å². The molecule has 0 spiro atoms. The van der Waals surface area contributed by atoms with E-state index in [4.69, 9.17) is 17.3 Å². The van der Waals surface area contributed by atoms with Crippen molar-refractivity contribution in [2.75, 3.05) is 18.0 Å². The number of nitrogens with zero attached hydrogens (tertiary/aromatic N) is 1. The SMILES string of the molecule is CC(=O)NC1CCN(c2ccc([C@H](C)N)cc2Cl)CC1. The standard InChI is InChI=1S/C15H22ClN3O/c1-10(17)12-3-4-15(14(16)9-12)19-7-5-13(6-8-19)18-11(2)20/h3-4,9-10,13H,5-8,17H2,1-2H3,(H,18,20)/t10-/m0/s1. The van der Waals surface area contributed by atoms with E-state index in [9.17, 15) is 4.79 Å². The fraction of sp³-hybridized carbons (Fsp3) is 0.533. The molecule has 5 heteroatoms. The number of amides is 1. The maximum Gasteiger partial charge on any atom is 0.217 e. The van der Waals surface area contributed by atoms with E-state index >= 15 is 0 Å². The maximum absolute atomic E-state index is 11.1. The summed E-state index contributed by atoms with van der Waals surface area (Å²) in [6.07, 6.45) is 1.90. The number of rotatable bonds is 3. The lowest BCUT2D eigenvalue weighted by Crippen LogP contribution is -2.44. The summed E-state index contributed by atoms with van der Waals surface area (Å²) in [7, 11) is 0. The largest absolute Gasteiger partial charge is 0.370 e. The zero-order valence-electron chi connectivity index (χ0n) is 12.0. The summed E-state index contributed by atoms with van der Waals surface area (Å²) in [5.74, 6) is 0.0442. The van der Waals surface area contributed by atoms with Crippen molar-refractivity contribution in [3.63, 3.8) is 0 Å². The molecule has 4 nitrogen and oxygen atoms in total. The van der Waals surface area contributed by atoms with E-state index in [1.54, 1.807) is 6.92 Å². The van der Waals surface area contributed by atoms with Crippen LogP contribution in [0.4, 0.5) is 5.69 Å². The summed E-state index contributed by atoms with van der Waals surface area (Å²) in [6.45, 7) is 5.32. The van der Waals surface area contributed by atoms with Gasteiger partial charge < -0.3 is 16.0 Å². The van der Waals surface area contributed by atoms with E-state index in [0.29, 0.717) is 0 Å². The van der Waals surface area contributed by atoms with Gasteiger partial charge in [-0.05, 0) is 37.5 Å². The molecule has 0 aliphatic carbocycles. The van der Waals surface area contributed by atoms with Gasteiger partial charge in [-0.15, -0.1) is 0 Å². The fourth-order valence-corrected chi connectivity index (χ4v) is 2.92. The van der Waals surface area contributed by atoms with E-state index in [2.05, 4.69) is 10.2 Å². The number of carbonyl (C=O) groups is 1. The number of nitrogens with one attached hydrogen (secondary N) is 1. The molecule has 0 aromatic heterocycles. The van der Waals surface area contributed by atoms with Gasteiger partial charge in [0.25, 0.3) is 0 Å². The van der Waals surface area contributed by atoms with Crippen LogP contribution in [0, 0.1) is 0 Å². The second-order valence-corrected chi connectivity index (χ2v) is 5.87. The molecule has 1 heterocycles. The van der Waals surface area contributed by atoms with Crippen molar-refractivity contribution in [1.82, 2.24) is 5.32 Å². The number of piperidine rings is 1. The summed E-state index contributed by atoms with van der Waals surface area (Å²) < 4.78 is 0. The third-order valence-electron chi connectivity index (χ3n) is 3.74. The van der Waals surface area contributed by atoms with Crippen molar-refractivity contribution in [1.29, 1.82) is 0 Å². The molecule has 3 N–H and O–H groups in total. The number of benzene rings is 1. The predicted molar refractivity (Wildman–Crippen MR) is 83.1 cm³/mol. The van der Waals surface area contributed by atoms with Gasteiger partial charge in [0.05, 0.1) is 10.7 Å². The van der Waals surface area contributed by atoms with Crippen molar-refractivity contribution in [3.8, 4) is 0 Å². The highest BCUT2D eigenvalue weighted by molar-refractivity contribution is 6.33. The van der Waals surface area contributed by atoms with Crippen LogP contribution in [-0.2, 0) is 4.79 Å². The first kappa shape index (κ1) is 15.1.